The van der Waals surface area contributed by atoms with E-state index in [-0.39, 0.29) is 62.5 Å². The zero-order chi connectivity index (χ0) is 40.2. The molecule has 0 aromatic heterocycles. The second-order valence-electron chi connectivity index (χ2n) is 12.6. The van der Waals surface area contributed by atoms with E-state index in [1.54, 1.807) is 0 Å². The Morgan fingerprint density at radius 2 is 1.06 bits per heavy atom. The molecular weight excluding hydrogens is 706 g/mol. The van der Waals surface area contributed by atoms with Gasteiger partial charge in [-0.2, -0.15) is 0 Å². The smallest absolute Gasteiger partial charge is 0.326 e. The second kappa shape index (κ2) is 22.9. The molecule has 2 aromatic carbocycles. The van der Waals surface area contributed by atoms with Gasteiger partial charge in [-0.3, -0.25) is 29.0 Å². The number of aromatic hydroxyl groups is 2. The van der Waals surface area contributed by atoms with Crippen LogP contribution in [0.4, 0.5) is 0 Å². The quantitative estimate of drug-likeness (QED) is 0.0322. The highest BCUT2D eigenvalue weighted by Gasteiger charge is 2.32. The monoisotopic (exact) mass is 757 g/mol. The summed E-state index contributed by atoms with van der Waals surface area (Å²) in [4.78, 5) is 81.2. The van der Waals surface area contributed by atoms with Gasteiger partial charge in [-0.15, -0.1) is 0 Å². The van der Waals surface area contributed by atoms with Crippen LogP contribution in [0.15, 0.2) is 53.5 Å². The maximum Gasteiger partial charge on any atom is 0.326 e. The number of unbranched alkanes of at least 4 members (excludes halogenated alkanes) is 1. The molecule has 0 aliphatic rings. The number of hydrogen-bond donors (Lipinski definition) is 12. The Bertz CT molecular complexity index is 1580. The Labute approximate surface area is 311 Å². The van der Waals surface area contributed by atoms with Crippen molar-refractivity contribution in [3.05, 3.63) is 59.7 Å². The van der Waals surface area contributed by atoms with Crippen molar-refractivity contribution in [3.8, 4) is 11.5 Å². The van der Waals surface area contributed by atoms with Crippen molar-refractivity contribution < 1.29 is 49.2 Å². The highest BCUT2D eigenvalue weighted by atomic mass is 16.4. The van der Waals surface area contributed by atoms with Crippen LogP contribution < -0.4 is 44.2 Å². The fraction of sp³-hybridized carbons (Fsp3) is 0.457. The van der Waals surface area contributed by atoms with E-state index in [4.69, 9.17) is 28.0 Å². The highest BCUT2D eigenvalue weighted by molar-refractivity contribution is 5.95. The predicted molar refractivity (Wildman–Crippen MR) is 197 cm³/mol. The van der Waals surface area contributed by atoms with Crippen molar-refractivity contribution in [2.24, 2.45) is 27.9 Å². The molecule has 0 aliphatic carbocycles. The van der Waals surface area contributed by atoms with Crippen LogP contribution in [0.25, 0.3) is 0 Å². The lowest BCUT2D eigenvalue weighted by Crippen LogP contribution is -2.59. The number of carboxylic acid groups (broad SMARTS) is 2. The first-order valence-electron chi connectivity index (χ1n) is 17.3. The lowest BCUT2D eigenvalue weighted by Gasteiger charge is -2.27. The molecule has 54 heavy (non-hydrogen) atoms. The molecule has 4 amide bonds. The number of nitrogens with one attached hydrogen (secondary N) is 4. The third-order valence-electron chi connectivity index (χ3n) is 8.16. The van der Waals surface area contributed by atoms with E-state index < -0.39 is 72.2 Å². The summed E-state index contributed by atoms with van der Waals surface area (Å²) < 4.78 is 0. The average molecular weight is 758 g/mol. The maximum atomic E-state index is 14.0. The van der Waals surface area contributed by atoms with Gasteiger partial charge in [0.15, 0.2) is 5.96 Å². The first kappa shape index (κ1) is 44.2. The number of carbonyl (C=O) groups excluding carboxylic acids is 4. The average Bonchev–Trinajstić information content (AvgIpc) is 3.12. The molecule has 0 aliphatic heterocycles. The first-order chi connectivity index (χ1) is 25.6. The van der Waals surface area contributed by atoms with Crippen LogP contribution >= 0.6 is 0 Å². The van der Waals surface area contributed by atoms with Crippen molar-refractivity contribution in [1.82, 2.24) is 21.3 Å². The summed E-state index contributed by atoms with van der Waals surface area (Å²) in [5.74, 6) is -6.09. The minimum Gasteiger partial charge on any atom is -0.508 e. The third kappa shape index (κ3) is 16.6. The van der Waals surface area contributed by atoms with Crippen LogP contribution in [-0.4, -0.2) is 105 Å². The Morgan fingerprint density at radius 3 is 1.52 bits per heavy atom. The number of guanidine groups is 1. The van der Waals surface area contributed by atoms with E-state index in [1.807, 2.05) is 0 Å². The summed E-state index contributed by atoms with van der Waals surface area (Å²) in [5.41, 5.74) is 23.2. The van der Waals surface area contributed by atoms with E-state index in [0.29, 0.717) is 30.5 Å². The van der Waals surface area contributed by atoms with E-state index in [2.05, 4.69) is 26.3 Å². The number of aliphatic imine (C=N–C) groups is 1. The molecule has 0 saturated carbocycles. The van der Waals surface area contributed by atoms with Crippen LogP contribution in [0, 0.1) is 0 Å². The number of amides is 4. The van der Waals surface area contributed by atoms with Gasteiger partial charge in [-0.25, -0.2) is 4.79 Å². The number of carboxylic acids is 2. The Hall–Kier alpha value is -5.95. The third-order valence-corrected chi connectivity index (χ3v) is 8.16. The van der Waals surface area contributed by atoms with Gasteiger partial charge in [0.05, 0.1) is 6.04 Å². The number of rotatable bonds is 24. The summed E-state index contributed by atoms with van der Waals surface area (Å²) in [6, 6.07) is 4.92. The Morgan fingerprint density at radius 1 is 0.611 bits per heavy atom. The van der Waals surface area contributed by atoms with Gasteiger partial charge in [0.1, 0.15) is 35.7 Å². The van der Waals surface area contributed by atoms with Crippen molar-refractivity contribution in [3.63, 3.8) is 0 Å². The molecule has 0 bridgehead atoms. The second-order valence-corrected chi connectivity index (χ2v) is 12.6. The van der Waals surface area contributed by atoms with Gasteiger partial charge in [-0.05, 0) is 80.5 Å². The van der Waals surface area contributed by atoms with Gasteiger partial charge in [0, 0.05) is 25.8 Å². The number of phenolic OH excluding ortho intramolecular Hbond substituents is 2. The highest BCUT2D eigenvalue weighted by Crippen LogP contribution is 2.15. The lowest BCUT2D eigenvalue weighted by atomic mass is 10.0. The number of phenols is 2. The minimum absolute atomic E-state index is 0.0306. The zero-order valence-electron chi connectivity index (χ0n) is 29.8. The number of nitrogens with zero attached hydrogens (tertiary/aromatic N) is 1. The summed E-state index contributed by atoms with van der Waals surface area (Å²) in [7, 11) is 0. The van der Waals surface area contributed by atoms with Crippen molar-refractivity contribution in [1.29, 1.82) is 0 Å². The van der Waals surface area contributed by atoms with E-state index in [9.17, 15) is 44.1 Å². The van der Waals surface area contributed by atoms with E-state index >= 15 is 0 Å². The van der Waals surface area contributed by atoms with E-state index in [1.165, 1.54) is 48.5 Å². The van der Waals surface area contributed by atoms with Gasteiger partial charge in [0.2, 0.25) is 23.6 Å². The lowest BCUT2D eigenvalue weighted by molar-refractivity contribution is -0.142. The Kier molecular flexibility index (Phi) is 18.7. The molecule has 0 saturated heterocycles. The topological polar surface area (TPSA) is 348 Å². The number of hydrogen-bond acceptors (Lipinski definition) is 11. The van der Waals surface area contributed by atoms with Gasteiger partial charge >= 0.3 is 11.9 Å². The molecule has 0 unspecified atom stereocenters. The number of benzene rings is 2. The molecule has 296 valence electrons. The van der Waals surface area contributed by atoms with E-state index in [0.717, 1.165) is 0 Å². The standard InChI is InChI=1S/C35H51N9O10/c36-16-2-1-4-26(34(53)54)42-31(50)25(5-3-17-40-35(38)39)41-32(51)28(19-21-8-12-23(46)13-9-21)44-33(52)27(18-20-6-10-22(45)11-7-20)43-30(49)24(37)14-15-29(47)48/h6-13,24-28,45-46H,1-5,14-19,36-37H2,(H,41,51)(H,42,50)(H,43,49)(H,44,52)(H,47,48)(H,53,54)(H4,38,39,40)/t24-,25-,26-,27-,28-/m0/s1. The number of aliphatic carboxylic acids is 2. The molecule has 19 nitrogen and oxygen atoms in total. The molecular formula is C35H51N9O10. The summed E-state index contributed by atoms with van der Waals surface area (Å²) >= 11 is 0. The number of carbonyl (C=O) groups is 6. The SMILES string of the molecule is NCCCC[C@H](NC(=O)[C@H](CCCN=C(N)N)NC(=O)[C@H](Cc1ccc(O)cc1)NC(=O)[C@H](Cc1ccc(O)cc1)NC(=O)[C@@H](N)CCC(=O)O)C(=O)O. The Balaban J connectivity index is 2.43. The van der Waals surface area contributed by atoms with Crippen molar-refractivity contribution in [2.45, 2.75) is 88.0 Å². The maximum absolute atomic E-state index is 14.0. The fourth-order valence-corrected chi connectivity index (χ4v) is 5.18. The van der Waals surface area contributed by atoms with Gasteiger partial charge < -0.3 is 64.6 Å². The van der Waals surface area contributed by atoms with Crippen molar-refractivity contribution in [2.75, 3.05) is 13.1 Å². The largest absolute Gasteiger partial charge is 0.508 e. The summed E-state index contributed by atoms with van der Waals surface area (Å²) in [6.45, 7) is 0.413. The number of nitrogens with two attached hydrogens (primary N) is 4. The van der Waals surface area contributed by atoms with Crippen LogP contribution in [0.2, 0.25) is 0 Å². The van der Waals surface area contributed by atoms with Crippen LogP contribution in [0.3, 0.4) is 0 Å². The van der Waals surface area contributed by atoms with Crippen LogP contribution in [0.1, 0.15) is 56.1 Å². The minimum atomic E-state index is -1.39. The van der Waals surface area contributed by atoms with Gasteiger partial charge in [0.25, 0.3) is 0 Å². The molecule has 2 rings (SSSR count). The van der Waals surface area contributed by atoms with Crippen LogP contribution in [-0.2, 0) is 41.6 Å². The molecule has 0 fully saturated rings. The molecule has 5 atom stereocenters. The summed E-state index contributed by atoms with van der Waals surface area (Å²) in [6.07, 6.45) is 0.282. The van der Waals surface area contributed by atoms with Crippen molar-refractivity contribution >= 4 is 41.5 Å². The molecule has 19 heteroatoms. The van der Waals surface area contributed by atoms with Crippen LogP contribution in [0.5, 0.6) is 11.5 Å². The normalized spacial score (nSPS) is 13.6. The molecule has 0 spiro atoms. The predicted octanol–water partition coefficient (Wildman–Crippen LogP) is -1.72. The van der Waals surface area contributed by atoms with Gasteiger partial charge in [-0.1, -0.05) is 24.3 Å². The molecule has 0 heterocycles. The molecule has 16 N–H and O–H groups in total. The molecule has 0 radical (unpaired) electrons. The first-order valence-corrected chi connectivity index (χ1v) is 17.3. The summed E-state index contributed by atoms with van der Waals surface area (Å²) in [5, 5.41) is 48.5. The fourth-order valence-electron chi connectivity index (χ4n) is 5.18. The zero-order valence-corrected chi connectivity index (χ0v) is 29.8. The molecule has 2 aromatic rings.